The summed E-state index contributed by atoms with van der Waals surface area (Å²) in [6, 6.07) is 0. The number of likely N-dealkylation sites (tertiary alicyclic amines) is 2. The van der Waals surface area contributed by atoms with Crippen molar-refractivity contribution >= 4 is 11.8 Å². The van der Waals surface area contributed by atoms with E-state index < -0.39 is 5.54 Å². The first kappa shape index (κ1) is 17.5. The Labute approximate surface area is 154 Å². The Hall–Kier alpha value is -1.92. The highest BCUT2D eigenvalue weighted by Crippen LogP contribution is 2.39. The molecule has 4 rings (SSSR count). The summed E-state index contributed by atoms with van der Waals surface area (Å²) in [4.78, 5) is 33.2. The minimum Gasteiger partial charge on any atom is -0.342 e. The molecule has 142 valence electrons. The second-order valence-electron chi connectivity index (χ2n) is 8.66. The summed E-state index contributed by atoms with van der Waals surface area (Å²) in [5.41, 5.74) is -0.408. The summed E-state index contributed by atoms with van der Waals surface area (Å²) in [5, 5.41) is 4.11. The monoisotopic (exact) mass is 360 g/mol. The first-order valence-electron chi connectivity index (χ1n) is 9.74. The number of amides is 2. The fourth-order valence-corrected chi connectivity index (χ4v) is 4.19. The minimum atomic E-state index is -0.408. The van der Waals surface area contributed by atoms with Gasteiger partial charge in [0.25, 0.3) is 0 Å². The molecule has 3 fully saturated rings. The lowest BCUT2D eigenvalue weighted by molar-refractivity contribution is -0.139. The van der Waals surface area contributed by atoms with Gasteiger partial charge in [0.1, 0.15) is 0 Å². The summed E-state index contributed by atoms with van der Waals surface area (Å²) in [6.07, 6.45) is 5.39. The van der Waals surface area contributed by atoms with Gasteiger partial charge in [0.2, 0.25) is 17.7 Å². The molecule has 1 saturated carbocycles. The zero-order valence-electron chi connectivity index (χ0n) is 15.9. The molecule has 0 bridgehead atoms. The Bertz CT molecular complexity index is 701. The molecule has 26 heavy (non-hydrogen) atoms. The molecule has 7 nitrogen and oxygen atoms in total. The van der Waals surface area contributed by atoms with Crippen molar-refractivity contribution in [1.29, 1.82) is 0 Å². The average Bonchev–Trinajstić information content (AvgIpc) is 3.33. The van der Waals surface area contributed by atoms with E-state index in [9.17, 15) is 9.59 Å². The molecule has 1 aromatic heterocycles. The zero-order chi connectivity index (χ0) is 18.5. The van der Waals surface area contributed by atoms with E-state index in [4.69, 9.17) is 4.52 Å². The first-order valence-corrected chi connectivity index (χ1v) is 9.74. The lowest BCUT2D eigenvalue weighted by Crippen LogP contribution is -2.50. The molecule has 2 amide bonds. The van der Waals surface area contributed by atoms with Crippen molar-refractivity contribution in [3.63, 3.8) is 0 Å². The van der Waals surface area contributed by atoms with Crippen molar-refractivity contribution in [2.75, 3.05) is 20.1 Å². The Morgan fingerprint density at radius 1 is 1.23 bits per heavy atom. The van der Waals surface area contributed by atoms with E-state index in [0.717, 1.165) is 56.9 Å². The first-order chi connectivity index (χ1) is 12.4. The number of aromatic nitrogens is 2. The molecule has 1 aliphatic carbocycles. The van der Waals surface area contributed by atoms with Gasteiger partial charge in [0.15, 0.2) is 5.82 Å². The van der Waals surface area contributed by atoms with Crippen molar-refractivity contribution in [2.45, 2.75) is 63.8 Å². The van der Waals surface area contributed by atoms with Crippen molar-refractivity contribution in [3.8, 4) is 0 Å². The van der Waals surface area contributed by atoms with Gasteiger partial charge in [-0.05, 0) is 45.4 Å². The number of rotatable bonds is 4. The van der Waals surface area contributed by atoms with Crippen LogP contribution in [0.25, 0.3) is 0 Å². The number of piperidine rings is 1. The van der Waals surface area contributed by atoms with Gasteiger partial charge in [-0.3, -0.25) is 9.59 Å². The smallest absolute Gasteiger partial charge is 0.229 e. The van der Waals surface area contributed by atoms with E-state index in [2.05, 4.69) is 10.1 Å². The molecule has 2 aliphatic heterocycles. The molecule has 0 unspecified atom stereocenters. The summed E-state index contributed by atoms with van der Waals surface area (Å²) < 4.78 is 5.34. The molecule has 0 N–H and O–H groups in total. The third-order valence-electron chi connectivity index (χ3n) is 6.58. The number of carbonyl (C=O) groups excluding carboxylic acids is 2. The highest BCUT2D eigenvalue weighted by Gasteiger charge is 2.49. The third kappa shape index (κ3) is 3.12. The highest BCUT2D eigenvalue weighted by molar-refractivity contribution is 5.91. The van der Waals surface area contributed by atoms with Crippen LogP contribution in [0.1, 0.15) is 63.6 Å². The molecule has 0 aromatic carbocycles. The molecular formula is C19H28N4O3. The Morgan fingerprint density at radius 2 is 1.92 bits per heavy atom. The van der Waals surface area contributed by atoms with Gasteiger partial charge in [-0.2, -0.15) is 4.98 Å². The lowest BCUT2D eigenvalue weighted by atomic mass is 9.86. The van der Waals surface area contributed by atoms with Crippen LogP contribution in [0, 0.1) is 11.8 Å². The van der Waals surface area contributed by atoms with Crippen LogP contribution in [0.15, 0.2) is 4.52 Å². The Balaban J connectivity index is 1.31. The molecule has 7 heteroatoms. The van der Waals surface area contributed by atoms with E-state index in [1.165, 1.54) is 0 Å². The zero-order valence-corrected chi connectivity index (χ0v) is 15.9. The number of carbonyl (C=O) groups is 2. The average molecular weight is 360 g/mol. The SMILES string of the molecule is CN1C(=O)C[C@H](C(=O)N2CCC(Cc3noc(C4CC4)n3)CC2)C1(C)C. The maximum atomic E-state index is 13.0. The van der Waals surface area contributed by atoms with Crippen LogP contribution in [0.5, 0.6) is 0 Å². The Kier molecular flexibility index (Phi) is 4.28. The number of hydrogen-bond acceptors (Lipinski definition) is 5. The van der Waals surface area contributed by atoms with Crippen LogP contribution >= 0.6 is 0 Å². The predicted octanol–water partition coefficient (Wildman–Crippen LogP) is 1.98. The van der Waals surface area contributed by atoms with Crippen LogP contribution in [-0.4, -0.2) is 57.4 Å². The van der Waals surface area contributed by atoms with Crippen LogP contribution in [0.4, 0.5) is 0 Å². The van der Waals surface area contributed by atoms with E-state index >= 15 is 0 Å². The van der Waals surface area contributed by atoms with E-state index in [0.29, 0.717) is 18.3 Å². The quantitative estimate of drug-likeness (QED) is 0.820. The summed E-state index contributed by atoms with van der Waals surface area (Å²) in [6.45, 7) is 5.48. The third-order valence-corrected chi connectivity index (χ3v) is 6.58. The maximum Gasteiger partial charge on any atom is 0.229 e. The fourth-order valence-electron chi connectivity index (χ4n) is 4.19. The molecule has 1 aromatic rings. The van der Waals surface area contributed by atoms with Crippen LogP contribution < -0.4 is 0 Å². The van der Waals surface area contributed by atoms with Crippen molar-refractivity contribution in [3.05, 3.63) is 11.7 Å². The molecule has 0 spiro atoms. The van der Waals surface area contributed by atoms with Crippen LogP contribution in [-0.2, 0) is 16.0 Å². The van der Waals surface area contributed by atoms with Gasteiger partial charge in [0.05, 0.1) is 5.92 Å². The second-order valence-corrected chi connectivity index (χ2v) is 8.66. The van der Waals surface area contributed by atoms with E-state index in [-0.39, 0.29) is 17.7 Å². The molecule has 0 radical (unpaired) electrons. The predicted molar refractivity (Wildman–Crippen MR) is 94.2 cm³/mol. The highest BCUT2D eigenvalue weighted by atomic mass is 16.5. The normalized spacial score (nSPS) is 26.6. The van der Waals surface area contributed by atoms with Gasteiger partial charge >= 0.3 is 0 Å². The lowest BCUT2D eigenvalue weighted by Gasteiger charge is -2.38. The molecule has 3 aliphatic rings. The van der Waals surface area contributed by atoms with Crippen molar-refractivity contribution in [2.24, 2.45) is 11.8 Å². The molecule has 1 atom stereocenters. The summed E-state index contributed by atoms with van der Waals surface area (Å²) >= 11 is 0. The molecule has 3 heterocycles. The van der Waals surface area contributed by atoms with Gasteiger partial charge < -0.3 is 14.3 Å². The largest absolute Gasteiger partial charge is 0.342 e. The van der Waals surface area contributed by atoms with E-state index in [1.807, 2.05) is 18.7 Å². The van der Waals surface area contributed by atoms with Gasteiger partial charge in [-0.15, -0.1) is 0 Å². The summed E-state index contributed by atoms with van der Waals surface area (Å²) in [5.74, 6) is 2.53. The second kappa shape index (κ2) is 6.35. The van der Waals surface area contributed by atoms with E-state index in [1.54, 1.807) is 11.9 Å². The van der Waals surface area contributed by atoms with Crippen LogP contribution in [0.2, 0.25) is 0 Å². The van der Waals surface area contributed by atoms with Gasteiger partial charge in [-0.25, -0.2) is 0 Å². The van der Waals surface area contributed by atoms with Gasteiger partial charge in [0, 0.05) is 44.4 Å². The maximum absolute atomic E-state index is 13.0. The summed E-state index contributed by atoms with van der Waals surface area (Å²) in [7, 11) is 1.79. The Morgan fingerprint density at radius 3 is 2.50 bits per heavy atom. The number of hydrogen-bond donors (Lipinski definition) is 0. The minimum absolute atomic E-state index is 0.0619. The molecular weight excluding hydrogens is 332 g/mol. The topological polar surface area (TPSA) is 79.5 Å². The standard InChI is InChI=1S/C19H28N4O3/c1-19(2)14(11-16(24)22(19)3)18(25)23-8-6-12(7-9-23)10-15-20-17(26-21-15)13-4-5-13/h12-14H,4-11H2,1-3H3/t14-/m1/s1. The fraction of sp³-hybridized carbons (Fsp3) is 0.789. The number of nitrogens with zero attached hydrogens (tertiary/aromatic N) is 4. The van der Waals surface area contributed by atoms with Crippen molar-refractivity contribution < 1.29 is 14.1 Å². The van der Waals surface area contributed by atoms with Crippen molar-refractivity contribution in [1.82, 2.24) is 19.9 Å². The molecule has 2 saturated heterocycles. The van der Waals surface area contributed by atoms with Gasteiger partial charge in [-0.1, -0.05) is 5.16 Å². The van der Waals surface area contributed by atoms with Crippen LogP contribution in [0.3, 0.4) is 0 Å².